The van der Waals surface area contributed by atoms with E-state index in [1.54, 1.807) is 30.5 Å². The minimum absolute atomic E-state index is 0.150. The van der Waals surface area contributed by atoms with Gasteiger partial charge in [0.2, 0.25) is 0 Å². The number of aromatic hydroxyl groups is 1. The highest BCUT2D eigenvalue weighted by Crippen LogP contribution is 2.23. The molecular formula is C13H10BrN3O2. The maximum atomic E-state index is 11.6. The number of rotatable bonds is 3. The van der Waals surface area contributed by atoms with Crippen molar-refractivity contribution in [2.75, 3.05) is 0 Å². The molecule has 0 aliphatic carbocycles. The number of amides is 1. The van der Waals surface area contributed by atoms with Crippen molar-refractivity contribution in [3.05, 3.63) is 58.3 Å². The van der Waals surface area contributed by atoms with Gasteiger partial charge in [0.25, 0.3) is 5.91 Å². The molecule has 2 rings (SSSR count). The number of phenolic OH excluding ortho intramolecular Hbond substituents is 1. The van der Waals surface area contributed by atoms with Crippen molar-refractivity contribution in [2.24, 2.45) is 5.10 Å². The molecule has 0 saturated heterocycles. The van der Waals surface area contributed by atoms with Crippen LogP contribution in [0.15, 0.2) is 52.3 Å². The zero-order valence-corrected chi connectivity index (χ0v) is 11.3. The second kappa shape index (κ2) is 6.10. The lowest BCUT2D eigenvalue weighted by molar-refractivity contribution is 0.0955. The Morgan fingerprint density at radius 1 is 1.42 bits per heavy atom. The zero-order valence-electron chi connectivity index (χ0n) is 9.75. The van der Waals surface area contributed by atoms with Gasteiger partial charge in [-0.05, 0) is 51.8 Å². The number of aromatic nitrogens is 1. The van der Waals surface area contributed by atoms with Crippen LogP contribution in [0.25, 0.3) is 0 Å². The molecule has 2 aromatic rings. The highest BCUT2D eigenvalue weighted by molar-refractivity contribution is 9.10. The molecule has 0 aliphatic heterocycles. The highest BCUT2D eigenvalue weighted by atomic mass is 79.9. The largest absolute Gasteiger partial charge is 0.507 e. The van der Waals surface area contributed by atoms with E-state index in [2.05, 4.69) is 31.4 Å². The summed E-state index contributed by atoms with van der Waals surface area (Å²) >= 11 is 3.20. The molecule has 0 radical (unpaired) electrons. The van der Waals surface area contributed by atoms with Crippen molar-refractivity contribution in [3.8, 4) is 5.75 Å². The quantitative estimate of drug-likeness (QED) is 0.673. The van der Waals surface area contributed by atoms with Gasteiger partial charge in [-0.15, -0.1) is 0 Å². The van der Waals surface area contributed by atoms with Crippen molar-refractivity contribution in [2.45, 2.75) is 0 Å². The first-order chi connectivity index (χ1) is 9.16. The first-order valence-electron chi connectivity index (χ1n) is 5.39. The van der Waals surface area contributed by atoms with E-state index in [0.717, 1.165) is 5.56 Å². The van der Waals surface area contributed by atoms with E-state index in [1.165, 1.54) is 18.5 Å². The third-order valence-corrected chi connectivity index (χ3v) is 2.91. The maximum Gasteiger partial charge on any atom is 0.272 e. The molecule has 19 heavy (non-hydrogen) atoms. The van der Waals surface area contributed by atoms with Crippen LogP contribution >= 0.6 is 15.9 Å². The van der Waals surface area contributed by atoms with Crippen LogP contribution in [0.4, 0.5) is 0 Å². The van der Waals surface area contributed by atoms with Crippen molar-refractivity contribution < 1.29 is 9.90 Å². The molecule has 1 aromatic carbocycles. The van der Waals surface area contributed by atoms with Gasteiger partial charge in [-0.2, -0.15) is 5.10 Å². The smallest absolute Gasteiger partial charge is 0.272 e. The number of hydrogen-bond acceptors (Lipinski definition) is 4. The van der Waals surface area contributed by atoms with Crippen LogP contribution in [-0.4, -0.2) is 22.2 Å². The Labute approximate surface area is 118 Å². The van der Waals surface area contributed by atoms with Crippen molar-refractivity contribution >= 4 is 28.1 Å². The number of pyridine rings is 1. The van der Waals surface area contributed by atoms with Gasteiger partial charge in [0.05, 0.1) is 16.3 Å². The monoisotopic (exact) mass is 319 g/mol. The van der Waals surface area contributed by atoms with Crippen LogP contribution in [0.5, 0.6) is 5.75 Å². The molecule has 96 valence electrons. The molecule has 0 bridgehead atoms. The average molecular weight is 320 g/mol. The number of hydrazone groups is 1. The van der Waals surface area contributed by atoms with Crippen LogP contribution in [-0.2, 0) is 0 Å². The van der Waals surface area contributed by atoms with Gasteiger partial charge in [0.15, 0.2) is 0 Å². The van der Waals surface area contributed by atoms with Crippen LogP contribution < -0.4 is 5.43 Å². The van der Waals surface area contributed by atoms with Gasteiger partial charge in [0.1, 0.15) is 5.75 Å². The van der Waals surface area contributed by atoms with E-state index in [4.69, 9.17) is 0 Å². The number of benzene rings is 1. The summed E-state index contributed by atoms with van der Waals surface area (Å²) in [6, 6.07) is 8.23. The van der Waals surface area contributed by atoms with E-state index >= 15 is 0 Å². The first-order valence-corrected chi connectivity index (χ1v) is 6.18. The third kappa shape index (κ3) is 3.62. The van der Waals surface area contributed by atoms with Crippen LogP contribution in [0.3, 0.4) is 0 Å². The van der Waals surface area contributed by atoms with Gasteiger partial charge in [-0.25, -0.2) is 5.43 Å². The number of halogens is 1. The molecule has 0 fully saturated rings. The predicted octanol–water partition coefficient (Wildman–Crippen LogP) is 2.31. The number of hydrogen-bond donors (Lipinski definition) is 2. The van der Waals surface area contributed by atoms with E-state index in [-0.39, 0.29) is 11.7 Å². The topological polar surface area (TPSA) is 74.6 Å². The van der Waals surface area contributed by atoms with Crippen LogP contribution in [0.1, 0.15) is 15.9 Å². The minimum Gasteiger partial charge on any atom is -0.507 e. The normalized spacial score (nSPS) is 10.6. The fraction of sp³-hybridized carbons (Fsp3) is 0. The zero-order chi connectivity index (χ0) is 13.7. The number of phenols is 1. The summed E-state index contributed by atoms with van der Waals surface area (Å²) in [6.07, 6.45) is 4.54. The fourth-order valence-corrected chi connectivity index (χ4v) is 1.73. The third-order valence-electron chi connectivity index (χ3n) is 2.28. The predicted molar refractivity (Wildman–Crippen MR) is 75.1 cm³/mol. The number of carbonyl (C=O) groups is 1. The summed E-state index contributed by atoms with van der Waals surface area (Å²) in [6.45, 7) is 0. The Hall–Kier alpha value is -2.21. The summed E-state index contributed by atoms with van der Waals surface area (Å²) in [4.78, 5) is 15.5. The molecule has 0 unspecified atom stereocenters. The SMILES string of the molecule is O=C(N/N=C\c1ccc(O)c(Br)c1)c1cccnc1. The minimum atomic E-state index is -0.331. The van der Waals surface area contributed by atoms with Gasteiger partial charge in [-0.1, -0.05) is 0 Å². The molecule has 1 amide bonds. The lowest BCUT2D eigenvalue weighted by Crippen LogP contribution is -2.17. The Morgan fingerprint density at radius 2 is 2.26 bits per heavy atom. The first kappa shape index (κ1) is 13.2. The second-order valence-corrected chi connectivity index (χ2v) is 4.51. The molecule has 0 aliphatic rings. The van der Waals surface area contributed by atoms with Gasteiger partial charge in [-0.3, -0.25) is 9.78 Å². The Kier molecular flexibility index (Phi) is 4.25. The van der Waals surface area contributed by atoms with E-state index in [9.17, 15) is 9.90 Å². The molecule has 6 heteroatoms. The van der Waals surface area contributed by atoms with Crippen molar-refractivity contribution in [3.63, 3.8) is 0 Å². The highest BCUT2D eigenvalue weighted by Gasteiger charge is 2.02. The molecule has 2 N–H and O–H groups in total. The molecule has 5 nitrogen and oxygen atoms in total. The number of carbonyl (C=O) groups excluding carboxylic acids is 1. The Bertz CT molecular complexity index is 615. The van der Waals surface area contributed by atoms with Gasteiger partial charge in [0, 0.05) is 12.4 Å². The molecule has 1 heterocycles. The molecular weight excluding hydrogens is 310 g/mol. The second-order valence-electron chi connectivity index (χ2n) is 3.65. The lowest BCUT2D eigenvalue weighted by atomic mass is 10.2. The van der Waals surface area contributed by atoms with Gasteiger partial charge >= 0.3 is 0 Å². The van der Waals surface area contributed by atoms with Crippen molar-refractivity contribution in [1.29, 1.82) is 0 Å². The number of nitrogens with one attached hydrogen (secondary N) is 1. The van der Waals surface area contributed by atoms with E-state index in [0.29, 0.717) is 10.0 Å². The average Bonchev–Trinajstić information content (AvgIpc) is 2.43. The summed E-state index contributed by atoms with van der Waals surface area (Å²) in [5.41, 5.74) is 3.58. The number of nitrogens with zero attached hydrogens (tertiary/aromatic N) is 2. The van der Waals surface area contributed by atoms with Crippen LogP contribution in [0.2, 0.25) is 0 Å². The Balaban J connectivity index is 2.00. The summed E-state index contributed by atoms with van der Waals surface area (Å²) in [5, 5.41) is 13.2. The van der Waals surface area contributed by atoms with Crippen LogP contribution in [0, 0.1) is 0 Å². The fourth-order valence-electron chi connectivity index (χ4n) is 1.33. The summed E-state index contributed by atoms with van der Waals surface area (Å²) in [7, 11) is 0. The summed E-state index contributed by atoms with van der Waals surface area (Å²) in [5.74, 6) is -0.182. The van der Waals surface area contributed by atoms with E-state index in [1.807, 2.05) is 0 Å². The van der Waals surface area contributed by atoms with Crippen molar-refractivity contribution in [1.82, 2.24) is 10.4 Å². The maximum absolute atomic E-state index is 11.6. The molecule has 0 spiro atoms. The van der Waals surface area contributed by atoms with E-state index < -0.39 is 0 Å². The molecule has 0 atom stereocenters. The molecule has 1 aromatic heterocycles. The Morgan fingerprint density at radius 3 is 2.95 bits per heavy atom. The van der Waals surface area contributed by atoms with Gasteiger partial charge < -0.3 is 5.11 Å². The molecule has 0 saturated carbocycles. The lowest BCUT2D eigenvalue weighted by Gasteiger charge is -1.99. The standard InChI is InChI=1S/C13H10BrN3O2/c14-11-6-9(3-4-12(11)18)7-16-17-13(19)10-2-1-5-15-8-10/h1-8,18H,(H,17,19)/b16-7-. The summed E-state index contributed by atoms with van der Waals surface area (Å²) < 4.78 is 0.565.